The molecule has 11 aliphatic rings. The van der Waals surface area contributed by atoms with E-state index in [1.165, 1.54) is 38.5 Å². The molecule has 11 fully saturated rings. The van der Waals surface area contributed by atoms with E-state index in [1.807, 2.05) is 41.5 Å². The first kappa shape index (κ1) is 48.5. The summed E-state index contributed by atoms with van der Waals surface area (Å²) in [4.78, 5) is 48.6. The Labute approximate surface area is 377 Å². The maximum absolute atomic E-state index is 12.5. The van der Waals surface area contributed by atoms with Gasteiger partial charge in [-0.05, 0) is 180 Å². The third kappa shape index (κ3) is 9.71. The Hall–Kier alpha value is -2.45. The average Bonchev–Trinajstić information content (AvgIpc) is 3.82. The fourth-order valence-corrected chi connectivity index (χ4v) is 15.2. The molecule has 0 spiro atoms. The molecule has 1 amide bonds. The Balaban J connectivity index is 0.000000144. The molecular weight excluding hydrogens is 827 g/mol. The van der Waals surface area contributed by atoms with Crippen molar-refractivity contribution in [1.82, 2.24) is 5.32 Å². The second-order valence-corrected chi connectivity index (χ2v) is 25.6. The molecule has 1 saturated heterocycles. The molecule has 358 valence electrons. The molecule has 2 N–H and O–H groups in total. The quantitative estimate of drug-likeness (QED) is 0.0827. The van der Waals surface area contributed by atoms with Crippen LogP contribution in [-0.2, 0) is 47.6 Å². The molecule has 1 aliphatic heterocycles. The third-order valence-corrected chi connectivity index (χ3v) is 19.7. The van der Waals surface area contributed by atoms with Gasteiger partial charge in [-0.2, -0.15) is 8.42 Å². The summed E-state index contributed by atoms with van der Waals surface area (Å²) in [7, 11) is -3.52. The van der Waals surface area contributed by atoms with Crippen LogP contribution in [0.4, 0.5) is 4.79 Å². The lowest BCUT2D eigenvalue weighted by molar-refractivity contribution is -0.225. The number of hydrogen-bond donors (Lipinski definition) is 2. The van der Waals surface area contributed by atoms with Gasteiger partial charge in [0.25, 0.3) is 10.1 Å². The van der Waals surface area contributed by atoms with Crippen LogP contribution in [0.25, 0.3) is 0 Å². The lowest BCUT2D eigenvalue weighted by Crippen LogP contribution is -2.61. The van der Waals surface area contributed by atoms with E-state index in [-0.39, 0.29) is 59.5 Å². The monoisotopic (exact) mass is 906 g/mol. The van der Waals surface area contributed by atoms with Crippen molar-refractivity contribution < 1.29 is 55.8 Å². The second kappa shape index (κ2) is 17.3. The number of carbonyl (C=O) groups excluding carboxylic acids is 4. The zero-order valence-corrected chi connectivity index (χ0v) is 40.7. The highest BCUT2D eigenvalue weighted by atomic mass is 32.2. The minimum absolute atomic E-state index is 0.0185. The molecule has 0 aromatic heterocycles. The number of fused-ring (bicyclic) bond motifs is 1. The molecule has 10 saturated carbocycles. The van der Waals surface area contributed by atoms with Gasteiger partial charge in [0, 0.05) is 18.3 Å². The number of amides is 1. The van der Waals surface area contributed by atoms with Gasteiger partial charge in [0.2, 0.25) is 0 Å². The highest BCUT2D eigenvalue weighted by Crippen LogP contribution is 2.61. The van der Waals surface area contributed by atoms with Crippen LogP contribution in [0.3, 0.4) is 0 Å². The number of ether oxygens (including phenoxy) is 4. The van der Waals surface area contributed by atoms with E-state index in [0.29, 0.717) is 42.9 Å². The Bertz CT molecular complexity index is 1810. The fourth-order valence-electron chi connectivity index (χ4n) is 13.3. The molecule has 0 aromatic rings. The van der Waals surface area contributed by atoms with Gasteiger partial charge >= 0.3 is 24.0 Å². The normalized spacial score (nSPS) is 40.6. The lowest BCUT2D eigenvalue weighted by atomic mass is 9.50. The van der Waals surface area contributed by atoms with E-state index in [2.05, 4.69) is 19.2 Å². The second-order valence-electron chi connectivity index (χ2n) is 23.8. The van der Waals surface area contributed by atoms with Crippen LogP contribution < -0.4 is 5.32 Å². The van der Waals surface area contributed by atoms with Gasteiger partial charge in [0.15, 0.2) is 0 Å². The number of alkyl carbamates (subject to hydrolysis) is 1. The topological polar surface area (TPSA) is 181 Å². The largest absolute Gasteiger partial charge is 0.463 e. The van der Waals surface area contributed by atoms with E-state index in [1.54, 1.807) is 13.8 Å². The number of rotatable bonds is 12. The van der Waals surface area contributed by atoms with Crippen LogP contribution >= 0.6 is 0 Å². The number of aliphatic hydroxyl groups is 1. The van der Waals surface area contributed by atoms with Crippen molar-refractivity contribution in [1.29, 1.82) is 0 Å². The molecule has 10 aliphatic carbocycles. The van der Waals surface area contributed by atoms with Crippen molar-refractivity contribution >= 4 is 34.1 Å². The number of hydrogen-bond acceptors (Lipinski definition) is 12. The van der Waals surface area contributed by atoms with Gasteiger partial charge in [-0.1, -0.05) is 20.8 Å². The maximum Gasteiger partial charge on any atom is 0.407 e. The molecule has 7 atom stereocenters. The molecule has 14 heteroatoms. The smallest absolute Gasteiger partial charge is 0.407 e. The Morgan fingerprint density at radius 2 is 1.21 bits per heavy atom. The van der Waals surface area contributed by atoms with Crippen LogP contribution in [-0.4, -0.2) is 84.9 Å². The van der Waals surface area contributed by atoms with E-state index in [4.69, 9.17) is 23.1 Å². The van der Waals surface area contributed by atoms with Crippen LogP contribution in [0.15, 0.2) is 0 Å². The average molecular weight is 906 g/mol. The zero-order chi connectivity index (χ0) is 46.1. The van der Waals surface area contributed by atoms with Gasteiger partial charge in [0.05, 0.1) is 33.6 Å². The minimum atomic E-state index is -3.52. The summed E-state index contributed by atoms with van der Waals surface area (Å²) in [6.07, 6.45) is 14.1. The summed E-state index contributed by atoms with van der Waals surface area (Å²) >= 11 is 0. The molecular formula is C49H79NO12S. The molecule has 7 unspecified atom stereocenters. The van der Waals surface area contributed by atoms with Gasteiger partial charge in [-0.3, -0.25) is 18.6 Å². The lowest BCUT2D eigenvalue weighted by Gasteiger charge is -2.59. The van der Waals surface area contributed by atoms with Crippen LogP contribution in [0.5, 0.6) is 0 Å². The van der Waals surface area contributed by atoms with Crippen molar-refractivity contribution in [3.05, 3.63) is 0 Å². The predicted octanol–water partition coefficient (Wildman–Crippen LogP) is 8.43. The van der Waals surface area contributed by atoms with Crippen LogP contribution in [0, 0.1) is 63.6 Å². The van der Waals surface area contributed by atoms with E-state index >= 15 is 0 Å². The van der Waals surface area contributed by atoms with Crippen molar-refractivity contribution in [2.24, 2.45) is 63.6 Å². The SMILES string of the molecule is CCC(C)(C)C(=O)OC1(C)C2CC3CC(C2)CC1C3.CCC(C)(C)C(=O)OC12CC3CC(CC(O)(C3)C1)C2.CCC(C)(C)C(=O)OCCNC(=O)OC1C2CC3C1OS(=O)(=O)C3C2. The fraction of sp³-hybridized carbons (Fsp3) is 0.918. The first-order chi connectivity index (χ1) is 29.3. The number of nitrogens with one attached hydrogen (secondary N) is 1. The summed E-state index contributed by atoms with van der Waals surface area (Å²) in [5.41, 5.74) is -2.38. The zero-order valence-electron chi connectivity index (χ0n) is 39.9. The molecule has 0 radical (unpaired) electrons. The van der Waals surface area contributed by atoms with E-state index in [9.17, 15) is 32.7 Å². The van der Waals surface area contributed by atoms with E-state index < -0.39 is 50.1 Å². The third-order valence-electron chi connectivity index (χ3n) is 17.9. The predicted molar refractivity (Wildman–Crippen MR) is 235 cm³/mol. The van der Waals surface area contributed by atoms with Crippen LogP contribution in [0.2, 0.25) is 0 Å². The molecule has 1 heterocycles. The van der Waals surface area contributed by atoms with E-state index in [0.717, 1.165) is 56.8 Å². The highest BCUT2D eigenvalue weighted by Gasteiger charge is 2.66. The molecule has 13 nitrogen and oxygen atoms in total. The van der Waals surface area contributed by atoms with Gasteiger partial charge in [-0.15, -0.1) is 0 Å². The number of esters is 3. The summed E-state index contributed by atoms with van der Waals surface area (Å²) in [6, 6.07) is 0. The van der Waals surface area contributed by atoms with Crippen molar-refractivity contribution in [3.63, 3.8) is 0 Å². The molecule has 10 bridgehead atoms. The minimum Gasteiger partial charge on any atom is -0.463 e. The van der Waals surface area contributed by atoms with Crippen molar-refractivity contribution in [2.75, 3.05) is 13.2 Å². The summed E-state index contributed by atoms with van der Waals surface area (Å²) in [6.45, 7) is 19.9. The maximum atomic E-state index is 12.5. The van der Waals surface area contributed by atoms with Gasteiger partial charge < -0.3 is 29.4 Å². The first-order valence-electron chi connectivity index (χ1n) is 24.5. The van der Waals surface area contributed by atoms with Gasteiger partial charge in [0.1, 0.15) is 30.0 Å². The first-order valence-corrected chi connectivity index (χ1v) is 26.0. The summed E-state index contributed by atoms with van der Waals surface area (Å²) in [5, 5.41) is 12.7. The summed E-state index contributed by atoms with van der Waals surface area (Å²) < 4.78 is 51.5. The Morgan fingerprint density at radius 3 is 1.73 bits per heavy atom. The Morgan fingerprint density at radius 1 is 0.698 bits per heavy atom. The molecule has 0 aromatic carbocycles. The van der Waals surface area contributed by atoms with Crippen LogP contribution in [0.1, 0.15) is 172 Å². The Kier molecular flexibility index (Phi) is 13.3. The molecule has 63 heavy (non-hydrogen) atoms. The van der Waals surface area contributed by atoms with Gasteiger partial charge in [-0.25, -0.2) is 4.79 Å². The highest BCUT2D eigenvalue weighted by molar-refractivity contribution is 7.87. The molecule has 11 rings (SSSR count). The number of carbonyl (C=O) groups is 4. The standard InChI is InChI=1S/C17H28O2.C16H25NO7S.C16H26O3/c1-5-16(2,3)15(18)19-17(4)13-7-11-6-12(9-13)10-14(17)8-11;1-4-16(2,3)14(18)22-6-5-17-15(19)23-12-9-7-10-11(8-9)25(20,21)24-13(10)12;1-4-14(2,3)13(17)19-16-8-11-5-12(9-16)7-15(18,6-11)10-16/h11-14H,5-10H2,1-4H3;9-13H,4-8H2,1-3H3,(H,17,19);11-12,18H,4-10H2,1-3H3. The van der Waals surface area contributed by atoms with Crippen molar-refractivity contribution in [2.45, 2.75) is 206 Å². The van der Waals surface area contributed by atoms with Crippen molar-refractivity contribution in [3.8, 4) is 0 Å². The summed E-state index contributed by atoms with van der Waals surface area (Å²) in [5.74, 6) is 3.81.